The molecule has 2 heterocycles. The Bertz CT molecular complexity index is 2730. The van der Waals surface area contributed by atoms with E-state index in [-0.39, 0.29) is 0 Å². The van der Waals surface area contributed by atoms with Crippen molar-refractivity contribution >= 4 is 60.7 Å². The summed E-state index contributed by atoms with van der Waals surface area (Å²) in [6.45, 7) is 0. The molecule has 8 aromatic carbocycles. The summed E-state index contributed by atoms with van der Waals surface area (Å²) in [6, 6.07) is 71.3. The van der Waals surface area contributed by atoms with Crippen molar-refractivity contribution in [2.45, 2.75) is 31.6 Å². The largest absolute Gasteiger partial charge is 0.311 e. The normalized spacial score (nSPS) is 13.4. The van der Waals surface area contributed by atoms with Crippen LogP contribution in [0.4, 0.5) is 17.1 Å². The van der Waals surface area contributed by atoms with Crippen molar-refractivity contribution in [3.63, 3.8) is 0 Å². The van der Waals surface area contributed by atoms with Gasteiger partial charge < -0.3 is 14.0 Å². The van der Waals surface area contributed by atoms with E-state index in [0.29, 0.717) is 0 Å². The molecule has 0 radical (unpaired) electrons. The minimum Gasteiger partial charge on any atom is -0.311 e. The standard InChI is InChI=1S/C53H41N3/c1-2-12-37(11-1)38-21-23-39(24-22-38)40-25-27-41(28-26-40)54(42-29-33-44(34-30-42)55-50-17-7-3-13-46(50)47-14-4-8-18-51(47)55)43-31-35-45(36-32-43)56-52-19-9-5-15-48(52)49-16-6-10-20-53(49)56/h3-10,13-37H,1-2,11-12H2. The fourth-order valence-corrected chi connectivity index (χ4v) is 9.36. The first-order valence-electron chi connectivity index (χ1n) is 20.0. The summed E-state index contributed by atoms with van der Waals surface area (Å²) in [5.74, 6) is 0.725. The van der Waals surface area contributed by atoms with Crippen LogP contribution in [-0.4, -0.2) is 9.13 Å². The van der Waals surface area contributed by atoms with Crippen LogP contribution in [0.3, 0.4) is 0 Å². The van der Waals surface area contributed by atoms with Gasteiger partial charge in [0.25, 0.3) is 0 Å². The third-order valence-electron chi connectivity index (χ3n) is 12.1. The van der Waals surface area contributed by atoms with Crippen LogP contribution < -0.4 is 4.90 Å². The van der Waals surface area contributed by atoms with Gasteiger partial charge in [-0.15, -0.1) is 0 Å². The van der Waals surface area contributed by atoms with Gasteiger partial charge in [-0.25, -0.2) is 0 Å². The van der Waals surface area contributed by atoms with Gasteiger partial charge in [-0.05, 0) is 120 Å². The van der Waals surface area contributed by atoms with E-state index in [0.717, 1.165) is 34.4 Å². The monoisotopic (exact) mass is 719 g/mol. The zero-order chi connectivity index (χ0) is 37.0. The molecule has 0 saturated heterocycles. The zero-order valence-corrected chi connectivity index (χ0v) is 31.2. The zero-order valence-electron chi connectivity index (χ0n) is 31.2. The Balaban J connectivity index is 0.996. The molecule has 3 nitrogen and oxygen atoms in total. The quantitative estimate of drug-likeness (QED) is 0.160. The van der Waals surface area contributed by atoms with Gasteiger partial charge in [0.15, 0.2) is 0 Å². The summed E-state index contributed by atoms with van der Waals surface area (Å²) in [6.07, 6.45) is 5.36. The highest BCUT2D eigenvalue weighted by molar-refractivity contribution is 6.10. The van der Waals surface area contributed by atoms with Crippen molar-refractivity contribution in [2.24, 2.45) is 0 Å². The molecular formula is C53H41N3. The molecular weight excluding hydrogens is 679 g/mol. The SMILES string of the molecule is c1ccc2c(c1)c1ccccc1n2-c1ccc(N(c2ccc(-c3ccc(C4CCCC4)cc3)cc2)c2ccc(-n3c4ccccc4c4ccccc43)cc2)cc1. The Morgan fingerprint density at radius 1 is 0.339 bits per heavy atom. The van der Waals surface area contributed by atoms with Gasteiger partial charge >= 0.3 is 0 Å². The van der Waals surface area contributed by atoms with E-state index in [1.807, 2.05) is 0 Å². The number of hydrogen-bond acceptors (Lipinski definition) is 1. The van der Waals surface area contributed by atoms with Crippen LogP contribution >= 0.6 is 0 Å². The molecule has 1 saturated carbocycles. The highest BCUT2D eigenvalue weighted by atomic mass is 15.1. The average Bonchev–Trinajstić information content (AvgIpc) is 4.01. The first kappa shape index (κ1) is 32.6. The molecule has 2 aromatic heterocycles. The van der Waals surface area contributed by atoms with E-state index in [9.17, 15) is 0 Å². The number of para-hydroxylation sites is 4. The topological polar surface area (TPSA) is 13.1 Å². The van der Waals surface area contributed by atoms with Crippen LogP contribution in [0.1, 0.15) is 37.2 Å². The number of benzene rings is 8. The van der Waals surface area contributed by atoms with Gasteiger partial charge in [0.1, 0.15) is 0 Å². The molecule has 1 fully saturated rings. The second-order valence-electron chi connectivity index (χ2n) is 15.3. The van der Waals surface area contributed by atoms with Crippen LogP contribution in [0.2, 0.25) is 0 Å². The van der Waals surface area contributed by atoms with Crippen molar-refractivity contribution in [3.05, 3.63) is 200 Å². The molecule has 1 aliphatic carbocycles. The first-order chi connectivity index (χ1) is 27.8. The van der Waals surface area contributed by atoms with Crippen molar-refractivity contribution in [1.29, 1.82) is 0 Å². The summed E-state index contributed by atoms with van der Waals surface area (Å²) >= 11 is 0. The maximum Gasteiger partial charge on any atom is 0.0541 e. The number of nitrogens with zero attached hydrogens (tertiary/aromatic N) is 3. The molecule has 0 aliphatic heterocycles. The lowest BCUT2D eigenvalue weighted by atomic mass is 9.95. The van der Waals surface area contributed by atoms with Gasteiger partial charge in [0.05, 0.1) is 22.1 Å². The second kappa shape index (κ2) is 13.5. The fraction of sp³-hybridized carbons (Fsp3) is 0.0943. The van der Waals surface area contributed by atoms with Gasteiger partial charge in [0, 0.05) is 50.0 Å². The minimum absolute atomic E-state index is 0.725. The smallest absolute Gasteiger partial charge is 0.0541 e. The Morgan fingerprint density at radius 2 is 0.661 bits per heavy atom. The summed E-state index contributed by atoms with van der Waals surface area (Å²) < 4.78 is 4.76. The highest BCUT2D eigenvalue weighted by Gasteiger charge is 2.19. The number of aromatic nitrogens is 2. The molecule has 0 atom stereocenters. The molecule has 3 heteroatoms. The maximum absolute atomic E-state index is 2.38. The molecule has 0 bridgehead atoms. The molecule has 0 amide bonds. The van der Waals surface area contributed by atoms with Crippen molar-refractivity contribution in [1.82, 2.24) is 9.13 Å². The fourth-order valence-electron chi connectivity index (χ4n) is 9.36. The van der Waals surface area contributed by atoms with Crippen LogP contribution in [0, 0.1) is 0 Å². The number of rotatable bonds is 7. The summed E-state index contributed by atoms with van der Waals surface area (Å²) in [5, 5.41) is 5.08. The lowest BCUT2D eigenvalue weighted by molar-refractivity contribution is 0.723. The Kier molecular flexibility index (Phi) is 7.84. The summed E-state index contributed by atoms with van der Waals surface area (Å²) in [5.41, 5.74) is 14.4. The van der Waals surface area contributed by atoms with E-state index in [4.69, 9.17) is 0 Å². The first-order valence-corrected chi connectivity index (χ1v) is 20.0. The molecule has 11 rings (SSSR count). The minimum atomic E-state index is 0.725. The predicted molar refractivity (Wildman–Crippen MR) is 236 cm³/mol. The molecule has 0 spiro atoms. The van der Waals surface area contributed by atoms with E-state index < -0.39 is 0 Å². The highest BCUT2D eigenvalue weighted by Crippen LogP contribution is 2.40. The van der Waals surface area contributed by atoms with Gasteiger partial charge in [-0.2, -0.15) is 0 Å². The van der Waals surface area contributed by atoms with E-state index >= 15 is 0 Å². The maximum atomic E-state index is 2.38. The Morgan fingerprint density at radius 3 is 1.04 bits per heavy atom. The molecule has 56 heavy (non-hydrogen) atoms. The lowest BCUT2D eigenvalue weighted by Gasteiger charge is -2.26. The average molecular weight is 720 g/mol. The molecule has 0 unspecified atom stereocenters. The Hall–Kier alpha value is -6.84. The van der Waals surface area contributed by atoms with E-state index in [1.54, 1.807) is 0 Å². The third kappa shape index (κ3) is 5.42. The number of hydrogen-bond donors (Lipinski definition) is 0. The van der Waals surface area contributed by atoms with Gasteiger partial charge in [0.2, 0.25) is 0 Å². The van der Waals surface area contributed by atoms with Gasteiger partial charge in [-0.3, -0.25) is 0 Å². The number of fused-ring (bicyclic) bond motifs is 6. The molecule has 268 valence electrons. The van der Waals surface area contributed by atoms with Crippen molar-refractivity contribution in [3.8, 4) is 22.5 Å². The number of anilines is 3. The summed E-state index contributed by atoms with van der Waals surface area (Å²) in [4.78, 5) is 2.37. The third-order valence-corrected chi connectivity index (χ3v) is 12.1. The second-order valence-corrected chi connectivity index (χ2v) is 15.3. The molecule has 1 aliphatic rings. The van der Waals surface area contributed by atoms with E-state index in [1.165, 1.54) is 86.0 Å². The summed E-state index contributed by atoms with van der Waals surface area (Å²) in [7, 11) is 0. The van der Waals surface area contributed by atoms with Gasteiger partial charge in [-0.1, -0.05) is 122 Å². The predicted octanol–water partition coefficient (Wildman–Crippen LogP) is 14.7. The van der Waals surface area contributed by atoms with Crippen LogP contribution in [0.5, 0.6) is 0 Å². The Labute approximate surface area is 327 Å². The lowest BCUT2D eigenvalue weighted by Crippen LogP contribution is -2.10. The van der Waals surface area contributed by atoms with Crippen LogP contribution in [0.15, 0.2) is 194 Å². The van der Waals surface area contributed by atoms with Crippen LogP contribution in [0.25, 0.3) is 66.1 Å². The molecule has 0 N–H and O–H groups in total. The molecule has 10 aromatic rings. The van der Waals surface area contributed by atoms with Crippen molar-refractivity contribution in [2.75, 3.05) is 4.90 Å². The van der Waals surface area contributed by atoms with E-state index in [2.05, 4.69) is 208 Å². The van der Waals surface area contributed by atoms with Crippen LogP contribution in [-0.2, 0) is 0 Å². The van der Waals surface area contributed by atoms with Crippen molar-refractivity contribution < 1.29 is 0 Å².